The number of rotatable bonds is 5. The van der Waals surface area contributed by atoms with E-state index in [0.29, 0.717) is 11.5 Å². The maximum atomic E-state index is 11.4. The zero-order valence-electron chi connectivity index (χ0n) is 12.1. The first-order valence-electron chi connectivity index (χ1n) is 6.52. The van der Waals surface area contributed by atoms with Crippen molar-refractivity contribution in [2.45, 2.75) is 24.7 Å². The van der Waals surface area contributed by atoms with Crippen molar-refractivity contribution in [2.75, 3.05) is 11.6 Å². The van der Waals surface area contributed by atoms with Crippen LogP contribution in [0.25, 0.3) is 0 Å². The Hall–Kier alpha value is -2.08. The Kier molecular flexibility index (Phi) is 4.80. The Morgan fingerprint density at radius 3 is 2.48 bits per heavy atom. The predicted octanol–water partition coefficient (Wildman–Crippen LogP) is 3.76. The van der Waals surface area contributed by atoms with Gasteiger partial charge in [-0.2, -0.15) is 0 Å². The number of carboxylic acid groups (broad SMARTS) is 1. The van der Waals surface area contributed by atoms with Crippen molar-refractivity contribution in [2.24, 2.45) is 0 Å². The molecule has 0 atom stereocenters. The van der Waals surface area contributed by atoms with Crippen molar-refractivity contribution >= 4 is 29.1 Å². The van der Waals surface area contributed by atoms with E-state index in [4.69, 9.17) is 0 Å². The van der Waals surface area contributed by atoms with Gasteiger partial charge >= 0.3 is 5.97 Å². The average Bonchev–Trinajstić information content (AvgIpc) is 2.48. The minimum Gasteiger partial charge on any atom is -0.476 e. The summed E-state index contributed by atoms with van der Waals surface area (Å²) in [6, 6.07) is 7.73. The fourth-order valence-corrected chi connectivity index (χ4v) is 2.17. The normalized spacial score (nSPS) is 10.7. The van der Waals surface area contributed by atoms with Crippen molar-refractivity contribution < 1.29 is 9.90 Å². The summed E-state index contributed by atoms with van der Waals surface area (Å²) in [6.07, 6.45) is 3.53. The fourth-order valence-electron chi connectivity index (χ4n) is 1.76. The van der Waals surface area contributed by atoms with Crippen molar-refractivity contribution in [1.82, 2.24) is 9.97 Å². The highest BCUT2D eigenvalue weighted by atomic mass is 32.2. The third-order valence-corrected chi connectivity index (χ3v) is 3.64. The lowest BCUT2D eigenvalue weighted by Crippen LogP contribution is -2.10. The van der Waals surface area contributed by atoms with E-state index >= 15 is 0 Å². The zero-order valence-corrected chi connectivity index (χ0v) is 12.9. The van der Waals surface area contributed by atoms with E-state index in [-0.39, 0.29) is 11.6 Å². The van der Waals surface area contributed by atoms with E-state index in [0.717, 1.165) is 10.6 Å². The molecule has 1 aromatic heterocycles. The highest BCUT2D eigenvalue weighted by Gasteiger charge is 2.15. The molecule has 0 fully saturated rings. The minimum atomic E-state index is -1.07. The third-order valence-electron chi connectivity index (χ3n) is 2.90. The van der Waals surface area contributed by atoms with Crippen LogP contribution in [0.2, 0.25) is 0 Å². The molecule has 0 aliphatic carbocycles. The van der Waals surface area contributed by atoms with E-state index in [9.17, 15) is 9.90 Å². The lowest BCUT2D eigenvalue weighted by Gasteiger charge is -2.11. The number of carboxylic acids is 1. The lowest BCUT2D eigenvalue weighted by atomic mass is 10.2. The molecule has 21 heavy (non-hydrogen) atoms. The molecule has 0 spiro atoms. The first kappa shape index (κ1) is 15.3. The van der Waals surface area contributed by atoms with Crippen LogP contribution in [-0.4, -0.2) is 27.3 Å². The number of nitrogens with zero attached hydrogens (tertiary/aromatic N) is 2. The molecular weight excluding hydrogens is 286 g/mol. The molecule has 5 nitrogen and oxygen atoms in total. The summed E-state index contributed by atoms with van der Waals surface area (Å²) in [5.74, 6) is -0.462. The smallest absolute Gasteiger partial charge is 0.356 e. The summed E-state index contributed by atoms with van der Waals surface area (Å²) < 4.78 is 0. The summed E-state index contributed by atoms with van der Waals surface area (Å²) >= 11 is 1.65. The second-order valence-corrected chi connectivity index (χ2v) is 5.68. The lowest BCUT2D eigenvalue weighted by molar-refractivity contribution is 0.0691. The van der Waals surface area contributed by atoms with Crippen LogP contribution in [0.3, 0.4) is 0 Å². The van der Waals surface area contributed by atoms with Gasteiger partial charge < -0.3 is 10.4 Å². The van der Waals surface area contributed by atoms with Crippen molar-refractivity contribution in [3.63, 3.8) is 0 Å². The standard InChI is InChI=1S/C15H17N3O2S/c1-9(2)14-16-8-12(13(18-14)15(19)20)17-10-4-6-11(21-3)7-5-10/h4-9,17H,1-3H3,(H,19,20). The number of benzene rings is 1. The van der Waals surface area contributed by atoms with Crippen LogP contribution in [0.4, 0.5) is 11.4 Å². The second kappa shape index (κ2) is 6.58. The molecule has 2 rings (SSSR count). The summed E-state index contributed by atoms with van der Waals surface area (Å²) in [7, 11) is 0. The molecule has 0 saturated heterocycles. The fraction of sp³-hybridized carbons (Fsp3) is 0.267. The zero-order chi connectivity index (χ0) is 15.4. The molecule has 6 heteroatoms. The van der Waals surface area contributed by atoms with E-state index < -0.39 is 5.97 Å². The van der Waals surface area contributed by atoms with Gasteiger partial charge in [0, 0.05) is 16.5 Å². The Balaban J connectivity index is 2.31. The van der Waals surface area contributed by atoms with Crippen LogP contribution in [0, 0.1) is 0 Å². The summed E-state index contributed by atoms with van der Waals surface area (Å²) in [4.78, 5) is 20.8. The number of nitrogens with one attached hydrogen (secondary N) is 1. The second-order valence-electron chi connectivity index (χ2n) is 4.80. The highest BCUT2D eigenvalue weighted by molar-refractivity contribution is 7.98. The molecule has 110 valence electrons. The quantitative estimate of drug-likeness (QED) is 0.819. The molecule has 0 bridgehead atoms. The predicted molar refractivity (Wildman–Crippen MR) is 84.6 cm³/mol. The maximum Gasteiger partial charge on any atom is 0.356 e. The summed E-state index contributed by atoms with van der Waals surface area (Å²) in [6.45, 7) is 3.85. The van der Waals surface area contributed by atoms with Crippen LogP contribution in [0.15, 0.2) is 35.4 Å². The Bertz CT molecular complexity index is 642. The molecule has 1 aromatic carbocycles. The number of aromatic nitrogens is 2. The van der Waals surface area contributed by atoms with Crippen LogP contribution in [0.1, 0.15) is 36.1 Å². The largest absolute Gasteiger partial charge is 0.476 e. The van der Waals surface area contributed by atoms with Crippen LogP contribution >= 0.6 is 11.8 Å². The van der Waals surface area contributed by atoms with Crippen LogP contribution < -0.4 is 5.32 Å². The van der Waals surface area contributed by atoms with Crippen molar-refractivity contribution in [3.8, 4) is 0 Å². The molecule has 2 N–H and O–H groups in total. The van der Waals surface area contributed by atoms with Gasteiger partial charge in [0.15, 0.2) is 5.69 Å². The maximum absolute atomic E-state index is 11.4. The topological polar surface area (TPSA) is 75.1 Å². The molecule has 0 radical (unpaired) electrons. The van der Waals surface area contributed by atoms with Crippen LogP contribution in [0.5, 0.6) is 0 Å². The van der Waals surface area contributed by atoms with E-state index in [1.54, 1.807) is 11.8 Å². The van der Waals surface area contributed by atoms with Crippen LogP contribution in [-0.2, 0) is 0 Å². The Morgan fingerprint density at radius 2 is 1.95 bits per heavy atom. The van der Waals surface area contributed by atoms with Gasteiger partial charge in [0.25, 0.3) is 0 Å². The monoisotopic (exact) mass is 303 g/mol. The highest BCUT2D eigenvalue weighted by Crippen LogP contribution is 2.23. The van der Waals surface area contributed by atoms with Crippen molar-refractivity contribution in [3.05, 3.63) is 42.0 Å². The average molecular weight is 303 g/mol. The summed E-state index contributed by atoms with van der Waals surface area (Å²) in [5, 5.41) is 12.4. The third kappa shape index (κ3) is 3.72. The van der Waals surface area contributed by atoms with Gasteiger partial charge in [0.1, 0.15) is 5.82 Å². The van der Waals surface area contributed by atoms with Gasteiger partial charge in [-0.05, 0) is 30.5 Å². The number of carbonyl (C=O) groups is 1. The van der Waals surface area contributed by atoms with E-state index in [2.05, 4.69) is 15.3 Å². The van der Waals surface area contributed by atoms with Gasteiger partial charge in [-0.15, -0.1) is 11.8 Å². The first-order valence-corrected chi connectivity index (χ1v) is 7.75. The van der Waals surface area contributed by atoms with Crippen molar-refractivity contribution in [1.29, 1.82) is 0 Å². The van der Waals surface area contributed by atoms with Gasteiger partial charge in [-0.1, -0.05) is 13.8 Å². The molecule has 0 aliphatic heterocycles. The van der Waals surface area contributed by atoms with E-state index in [1.807, 2.05) is 44.4 Å². The minimum absolute atomic E-state index is 0.0114. The Morgan fingerprint density at radius 1 is 1.29 bits per heavy atom. The van der Waals surface area contributed by atoms with Gasteiger partial charge in [-0.25, -0.2) is 14.8 Å². The van der Waals surface area contributed by atoms with Gasteiger partial charge in [-0.3, -0.25) is 0 Å². The van der Waals surface area contributed by atoms with E-state index in [1.165, 1.54) is 6.20 Å². The number of hydrogen-bond donors (Lipinski definition) is 2. The number of hydrogen-bond acceptors (Lipinski definition) is 5. The number of thioether (sulfide) groups is 1. The molecule has 0 amide bonds. The molecule has 0 aliphatic rings. The summed E-state index contributed by atoms with van der Waals surface area (Å²) in [5.41, 5.74) is 1.18. The SMILES string of the molecule is CSc1ccc(Nc2cnc(C(C)C)nc2C(=O)O)cc1. The van der Waals surface area contributed by atoms with Gasteiger partial charge in [0.05, 0.1) is 11.9 Å². The number of aromatic carboxylic acids is 1. The first-order chi connectivity index (χ1) is 10.0. The molecule has 0 saturated carbocycles. The Labute approximate surface area is 127 Å². The molecule has 2 aromatic rings. The number of anilines is 2. The molecule has 1 heterocycles. The van der Waals surface area contributed by atoms with Gasteiger partial charge in [0.2, 0.25) is 0 Å². The molecule has 0 unspecified atom stereocenters. The molecular formula is C15H17N3O2S.